The van der Waals surface area contributed by atoms with Crippen molar-refractivity contribution in [2.24, 2.45) is 0 Å². The Labute approximate surface area is 149 Å². The van der Waals surface area contributed by atoms with Crippen LogP contribution in [0.2, 0.25) is 0 Å². The number of carbonyl (C=O) groups excluding carboxylic acids is 1. The van der Waals surface area contributed by atoms with E-state index in [1.54, 1.807) is 6.20 Å². The van der Waals surface area contributed by atoms with Crippen molar-refractivity contribution in [1.82, 2.24) is 9.97 Å². The van der Waals surface area contributed by atoms with Crippen molar-refractivity contribution in [1.29, 1.82) is 0 Å². The monoisotopic (exact) mass is 341 g/mol. The van der Waals surface area contributed by atoms with E-state index in [1.807, 2.05) is 52.0 Å². The predicted octanol–water partition coefficient (Wildman–Crippen LogP) is 5.10. The van der Waals surface area contributed by atoms with Crippen LogP contribution in [0.1, 0.15) is 52.9 Å². The average Bonchev–Trinajstić information content (AvgIpc) is 2.47. The summed E-state index contributed by atoms with van der Waals surface area (Å²) in [6.07, 6.45) is 1.30. The van der Waals surface area contributed by atoms with E-state index < -0.39 is 11.7 Å². The Morgan fingerprint density at radius 1 is 1.08 bits per heavy atom. The van der Waals surface area contributed by atoms with Crippen molar-refractivity contribution in [3.63, 3.8) is 0 Å². The van der Waals surface area contributed by atoms with Crippen molar-refractivity contribution in [2.45, 2.75) is 59.5 Å². The van der Waals surface area contributed by atoms with Gasteiger partial charge in [-0.1, -0.05) is 32.9 Å². The average molecular weight is 341 g/mol. The lowest BCUT2D eigenvalue weighted by atomic mass is 9.95. The Morgan fingerprint density at radius 3 is 2.36 bits per heavy atom. The topological polar surface area (TPSA) is 64.1 Å². The van der Waals surface area contributed by atoms with Gasteiger partial charge in [-0.15, -0.1) is 0 Å². The van der Waals surface area contributed by atoms with Crippen LogP contribution in [-0.4, -0.2) is 21.7 Å². The van der Waals surface area contributed by atoms with Crippen LogP contribution in [0.3, 0.4) is 0 Å². The first kappa shape index (κ1) is 18.9. The number of benzene rings is 1. The third kappa shape index (κ3) is 5.28. The molecule has 0 saturated carbocycles. The molecule has 0 aliphatic rings. The highest BCUT2D eigenvalue weighted by Crippen LogP contribution is 2.26. The van der Waals surface area contributed by atoms with E-state index in [2.05, 4.69) is 36.1 Å². The molecule has 2 rings (SSSR count). The molecule has 1 N–H and O–H groups in total. The van der Waals surface area contributed by atoms with Crippen molar-refractivity contribution < 1.29 is 9.53 Å². The second-order valence-electron chi connectivity index (χ2n) is 8.17. The molecular formula is C20H27N3O2. The van der Waals surface area contributed by atoms with Crippen molar-refractivity contribution in [2.75, 3.05) is 5.32 Å². The van der Waals surface area contributed by atoms with Gasteiger partial charge in [-0.3, -0.25) is 5.32 Å². The highest BCUT2D eigenvalue weighted by Gasteiger charge is 2.19. The highest BCUT2D eigenvalue weighted by atomic mass is 16.6. The second-order valence-corrected chi connectivity index (χ2v) is 8.17. The number of anilines is 1. The van der Waals surface area contributed by atoms with Gasteiger partial charge in [0.05, 0.1) is 5.69 Å². The van der Waals surface area contributed by atoms with Crippen LogP contribution in [-0.2, 0) is 10.2 Å². The van der Waals surface area contributed by atoms with Gasteiger partial charge < -0.3 is 4.74 Å². The van der Waals surface area contributed by atoms with E-state index in [-0.39, 0.29) is 5.41 Å². The molecule has 0 bridgehead atoms. The van der Waals surface area contributed by atoms with E-state index in [9.17, 15) is 4.79 Å². The smallest absolute Gasteiger partial charge is 0.412 e. The number of aryl methyl sites for hydroxylation is 1. The normalized spacial score (nSPS) is 12.0. The molecule has 0 aliphatic carbocycles. The maximum Gasteiger partial charge on any atom is 0.412 e. The van der Waals surface area contributed by atoms with Gasteiger partial charge in [-0.05, 0) is 45.4 Å². The van der Waals surface area contributed by atoms with Crippen LogP contribution < -0.4 is 5.32 Å². The number of nitrogens with zero attached hydrogens (tertiary/aromatic N) is 2. The molecule has 5 nitrogen and oxygen atoms in total. The molecule has 134 valence electrons. The molecule has 5 heteroatoms. The molecule has 1 amide bonds. The van der Waals surface area contributed by atoms with Gasteiger partial charge in [0.2, 0.25) is 0 Å². The molecular weight excluding hydrogens is 314 g/mol. The van der Waals surface area contributed by atoms with Crippen LogP contribution in [0.25, 0.3) is 11.3 Å². The molecule has 0 aliphatic heterocycles. The van der Waals surface area contributed by atoms with Gasteiger partial charge >= 0.3 is 6.09 Å². The summed E-state index contributed by atoms with van der Waals surface area (Å²) >= 11 is 0. The fourth-order valence-electron chi connectivity index (χ4n) is 2.21. The zero-order valence-corrected chi connectivity index (χ0v) is 16.1. The first-order chi connectivity index (χ1) is 11.5. The summed E-state index contributed by atoms with van der Waals surface area (Å²) in [5, 5.41) is 2.82. The Morgan fingerprint density at radius 2 is 1.76 bits per heavy atom. The van der Waals surface area contributed by atoms with Crippen LogP contribution in [0.5, 0.6) is 0 Å². The van der Waals surface area contributed by atoms with Crippen LogP contribution >= 0.6 is 0 Å². The Bertz CT molecular complexity index is 771. The third-order valence-corrected chi connectivity index (χ3v) is 3.50. The summed E-state index contributed by atoms with van der Waals surface area (Å²) in [5.41, 5.74) is 2.75. The largest absolute Gasteiger partial charge is 0.444 e. The molecule has 0 atom stereocenters. The fraction of sp³-hybridized carbons (Fsp3) is 0.450. The molecule has 0 spiro atoms. The standard InChI is InChI=1S/C20H27N3O2/c1-13-8-9-14(12-16(13)23-18(24)25-20(5,6)7)15-10-11-21-17(22-15)19(2,3)4/h8-12H,1-7H3,(H,23,24). The van der Waals surface area contributed by atoms with E-state index in [4.69, 9.17) is 4.74 Å². The highest BCUT2D eigenvalue weighted by molar-refractivity contribution is 5.87. The second kappa shape index (κ2) is 6.82. The number of nitrogens with one attached hydrogen (secondary N) is 1. The minimum Gasteiger partial charge on any atom is -0.444 e. The van der Waals surface area contributed by atoms with Gasteiger partial charge in [-0.25, -0.2) is 14.8 Å². The number of aromatic nitrogens is 2. The maximum atomic E-state index is 12.1. The predicted molar refractivity (Wildman–Crippen MR) is 101 cm³/mol. The SMILES string of the molecule is Cc1ccc(-c2ccnc(C(C)(C)C)n2)cc1NC(=O)OC(C)(C)C. The summed E-state index contributed by atoms with van der Waals surface area (Å²) in [6.45, 7) is 13.7. The zero-order valence-electron chi connectivity index (χ0n) is 16.1. The maximum absolute atomic E-state index is 12.1. The van der Waals surface area contributed by atoms with Gasteiger partial charge in [0.25, 0.3) is 0 Å². The van der Waals surface area contributed by atoms with Gasteiger partial charge in [0.15, 0.2) is 0 Å². The van der Waals surface area contributed by atoms with Crippen LogP contribution in [0, 0.1) is 6.92 Å². The number of carbonyl (C=O) groups is 1. The van der Waals surface area contributed by atoms with E-state index in [0.29, 0.717) is 5.69 Å². The summed E-state index contributed by atoms with van der Waals surface area (Å²) in [5.74, 6) is 0.784. The fourth-order valence-corrected chi connectivity index (χ4v) is 2.21. The quantitative estimate of drug-likeness (QED) is 0.825. The number of hydrogen-bond donors (Lipinski definition) is 1. The lowest BCUT2D eigenvalue weighted by molar-refractivity contribution is 0.0636. The summed E-state index contributed by atoms with van der Waals surface area (Å²) in [7, 11) is 0. The lowest BCUT2D eigenvalue weighted by Gasteiger charge is -2.20. The van der Waals surface area contributed by atoms with Gasteiger partial charge in [0.1, 0.15) is 11.4 Å². The zero-order chi connectivity index (χ0) is 18.8. The minimum absolute atomic E-state index is 0.127. The van der Waals surface area contributed by atoms with Crippen molar-refractivity contribution in [3.05, 3.63) is 41.9 Å². The molecule has 1 aromatic carbocycles. The van der Waals surface area contributed by atoms with E-state index >= 15 is 0 Å². The molecule has 2 aromatic rings. The van der Waals surface area contributed by atoms with Crippen LogP contribution in [0.15, 0.2) is 30.5 Å². The Hall–Kier alpha value is -2.43. The molecule has 0 radical (unpaired) electrons. The van der Waals surface area contributed by atoms with Gasteiger partial charge in [0, 0.05) is 22.9 Å². The van der Waals surface area contributed by atoms with Crippen molar-refractivity contribution >= 4 is 11.8 Å². The molecule has 0 saturated heterocycles. The number of amides is 1. The number of rotatable bonds is 2. The minimum atomic E-state index is -0.538. The third-order valence-electron chi connectivity index (χ3n) is 3.50. The Balaban J connectivity index is 2.32. The van der Waals surface area contributed by atoms with Crippen molar-refractivity contribution in [3.8, 4) is 11.3 Å². The molecule has 0 fully saturated rings. The summed E-state index contributed by atoms with van der Waals surface area (Å²) in [6, 6.07) is 7.73. The molecule has 25 heavy (non-hydrogen) atoms. The summed E-state index contributed by atoms with van der Waals surface area (Å²) < 4.78 is 5.33. The number of ether oxygens (including phenoxy) is 1. The molecule has 1 aromatic heterocycles. The summed E-state index contributed by atoms with van der Waals surface area (Å²) in [4.78, 5) is 21.1. The van der Waals surface area contributed by atoms with Crippen LogP contribution in [0.4, 0.5) is 10.5 Å². The molecule has 0 unspecified atom stereocenters. The lowest BCUT2D eigenvalue weighted by Crippen LogP contribution is -2.27. The molecule has 1 heterocycles. The first-order valence-electron chi connectivity index (χ1n) is 8.40. The van der Waals surface area contributed by atoms with Gasteiger partial charge in [-0.2, -0.15) is 0 Å². The first-order valence-corrected chi connectivity index (χ1v) is 8.40. The van der Waals surface area contributed by atoms with E-state index in [1.165, 1.54) is 0 Å². The number of hydrogen-bond acceptors (Lipinski definition) is 4. The Kier molecular flexibility index (Phi) is 5.16. The van der Waals surface area contributed by atoms with E-state index in [0.717, 1.165) is 22.6 Å².